The first-order valence-corrected chi connectivity index (χ1v) is 11.1. The summed E-state index contributed by atoms with van der Waals surface area (Å²) in [5.41, 5.74) is 7.44. The first kappa shape index (κ1) is 23.3. The zero-order chi connectivity index (χ0) is 23.8. The van der Waals surface area contributed by atoms with E-state index in [0.29, 0.717) is 68.6 Å². The third-order valence-electron chi connectivity index (χ3n) is 4.61. The highest BCUT2D eigenvalue weighted by atomic mass is 35.5. The van der Waals surface area contributed by atoms with Gasteiger partial charge < -0.3 is 11.1 Å². The fourth-order valence-electron chi connectivity index (χ4n) is 3.10. The highest BCUT2D eigenvalue weighted by molar-refractivity contribution is 7.14. The topological polar surface area (TPSA) is 98.2 Å². The summed E-state index contributed by atoms with van der Waals surface area (Å²) >= 11 is 13.0. The Bertz CT molecular complexity index is 1340. The summed E-state index contributed by atoms with van der Waals surface area (Å²) in [5.74, 6) is -1.87. The van der Waals surface area contributed by atoms with E-state index in [0.717, 1.165) is 0 Å². The number of carbonyl (C=O) groups is 1. The molecule has 3 aromatic heterocycles. The van der Waals surface area contributed by atoms with Crippen LogP contribution in [-0.4, -0.2) is 37.9 Å². The predicted molar refractivity (Wildman–Crippen MR) is 122 cm³/mol. The molecular weight excluding hydrogens is 500 g/mol. The average molecular weight is 515 g/mol. The number of halogens is 5. The van der Waals surface area contributed by atoms with Gasteiger partial charge in [-0.2, -0.15) is 13.2 Å². The van der Waals surface area contributed by atoms with Gasteiger partial charge in [-0.25, -0.2) is 15.0 Å². The van der Waals surface area contributed by atoms with E-state index in [-0.39, 0.29) is 0 Å². The number of hydrogen-bond acceptors (Lipinski definition) is 7. The lowest BCUT2D eigenvalue weighted by atomic mass is 10.1. The lowest BCUT2D eigenvalue weighted by Crippen LogP contribution is -2.22. The first-order chi connectivity index (χ1) is 15.6. The van der Waals surface area contributed by atoms with Crippen molar-refractivity contribution in [3.63, 3.8) is 0 Å². The molecule has 0 fully saturated rings. The van der Waals surface area contributed by atoms with Crippen LogP contribution in [0.4, 0.5) is 24.9 Å². The second-order valence-corrected chi connectivity index (χ2v) is 8.85. The number of ketones is 1. The van der Waals surface area contributed by atoms with Gasteiger partial charge >= 0.3 is 6.18 Å². The van der Waals surface area contributed by atoms with Gasteiger partial charge in [-0.1, -0.05) is 23.2 Å². The van der Waals surface area contributed by atoms with E-state index in [4.69, 9.17) is 28.9 Å². The second-order valence-electron chi connectivity index (χ2n) is 6.92. The SMILES string of the molecule is Nc1nc(CCCNc2nc(-c3ccc(Cl)cc3Cl)cc3nccn23)sc1C(=O)C(F)(F)F. The molecule has 33 heavy (non-hydrogen) atoms. The Balaban J connectivity index is 1.47. The molecule has 172 valence electrons. The van der Waals surface area contributed by atoms with Crippen LogP contribution in [0.15, 0.2) is 36.7 Å². The number of fused-ring (bicyclic) bond motifs is 1. The molecule has 0 radical (unpaired) electrons. The van der Waals surface area contributed by atoms with Crippen molar-refractivity contribution in [3.8, 4) is 11.3 Å². The summed E-state index contributed by atoms with van der Waals surface area (Å²) in [4.78, 5) is 23.7. The number of Topliss-reactive ketones (excluding diaryl/α,β-unsaturated/α-hetero) is 1. The number of nitrogen functional groups attached to an aromatic ring is 1. The highest BCUT2D eigenvalue weighted by Crippen LogP contribution is 2.31. The van der Waals surface area contributed by atoms with Crippen molar-refractivity contribution in [2.24, 2.45) is 0 Å². The molecule has 0 atom stereocenters. The molecule has 7 nitrogen and oxygen atoms in total. The summed E-state index contributed by atoms with van der Waals surface area (Å²) in [7, 11) is 0. The normalized spacial score (nSPS) is 11.8. The predicted octanol–water partition coefficient (Wildman–Crippen LogP) is 5.53. The first-order valence-electron chi connectivity index (χ1n) is 9.53. The zero-order valence-electron chi connectivity index (χ0n) is 16.7. The van der Waals surface area contributed by atoms with Crippen LogP contribution in [0, 0.1) is 0 Å². The van der Waals surface area contributed by atoms with Crippen LogP contribution in [0.5, 0.6) is 0 Å². The number of nitrogens with one attached hydrogen (secondary N) is 1. The number of imidazole rings is 1. The van der Waals surface area contributed by atoms with Crippen LogP contribution in [0.25, 0.3) is 16.9 Å². The second kappa shape index (κ2) is 9.16. The minimum atomic E-state index is -4.99. The number of nitrogens with two attached hydrogens (primary N) is 1. The quantitative estimate of drug-likeness (QED) is 0.248. The maximum Gasteiger partial charge on any atom is 0.455 e. The van der Waals surface area contributed by atoms with Gasteiger partial charge in [-0.15, -0.1) is 11.3 Å². The minimum Gasteiger partial charge on any atom is -0.382 e. The molecule has 0 aliphatic rings. The van der Waals surface area contributed by atoms with Crippen LogP contribution >= 0.6 is 34.5 Å². The Morgan fingerprint density at radius 3 is 2.73 bits per heavy atom. The number of rotatable bonds is 7. The molecule has 4 aromatic rings. The fraction of sp³-hybridized carbons (Fsp3) is 0.200. The Hall–Kier alpha value is -2.89. The van der Waals surface area contributed by atoms with Crippen molar-refractivity contribution < 1.29 is 18.0 Å². The maximum absolute atomic E-state index is 12.7. The monoisotopic (exact) mass is 514 g/mol. The van der Waals surface area contributed by atoms with Crippen LogP contribution in [0.3, 0.4) is 0 Å². The number of carbonyl (C=O) groups excluding carboxylic acids is 1. The lowest BCUT2D eigenvalue weighted by molar-refractivity contribution is -0.0882. The Kier molecular flexibility index (Phi) is 6.46. The van der Waals surface area contributed by atoms with Crippen molar-refractivity contribution >= 4 is 57.7 Å². The summed E-state index contributed by atoms with van der Waals surface area (Å²) in [6, 6.07) is 6.89. The van der Waals surface area contributed by atoms with Crippen molar-refractivity contribution in [1.29, 1.82) is 0 Å². The molecule has 0 bridgehead atoms. The van der Waals surface area contributed by atoms with Gasteiger partial charge in [0.15, 0.2) is 0 Å². The average Bonchev–Trinajstić information content (AvgIpc) is 3.36. The molecule has 0 unspecified atom stereocenters. The lowest BCUT2D eigenvalue weighted by Gasteiger charge is -2.11. The summed E-state index contributed by atoms with van der Waals surface area (Å²) in [5, 5.41) is 4.50. The molecular formula is C20H15Cl2F3N6OS. The molecule has 1 aromatic carbocycles. The smallest absolute Gasteiger partial charge is 0.382 e. The maximum atomic E-state index is 12.7. The van der Waals surface area contributed by atoms with Gasteiger partial charge in [0.25, 0.3) is 5.78 Å². The van der Waals surface area contributed by atoms with Gasteiger partial charge in [0.05, 0.1) is 15.7 Å². The summed E-state index contributed by atoms with van der Waals surface area (Å²) in [6.45, 7) is 0.431. The van der Waals surface area contributed by atoms with Gasteiger partial charge in [-0.3, -0.25) is 9.20 Å². The molecule has 0 amide bonds. The molecule has 13 heteroatoms. The van der Waals surface area contributed by atoms with Gasteiger partial charge in [0, 0.05) is 42.0 Å². The van der Waals surface area contributed by atoms with E-state index in [2.05, 4.69) is 20.3 Å². The van der Waals surface area contributed by atoms with E-state index >= 15 is 0 Å². The molecule has 0 saturated heterocycles. The molecule has 0 saturated carbocycles. The number of aromatic nitrogens is 4. The fourth-order valence-corrected chi connectivity index (χ4v) is 4.59. The van der Waals surface area contributed by atoms with Crippen LogP contribution in [0.1, 0.15) is 21.1 Å². The van der Waals surface area contributed by atoms with Crippen molar-refractivity contribution in [2.45, 2.75) is 19.0 Å². The van der Waals surface area contributed by atoms with Gasteiger partial charge in [-0.05, 0) is 24.6 Å². The van der Waals surface area contributed by atoms with Crippen LogP contribution in [0.2, 0.25) is 10.0 Å². The molecule has 0 aliphatic heterocycles. The molecule has 3 heterocycles. The van der Waals surface area contributed by atoms with E-state index < -0.39 is 22.7 Å². The van der Waals surface area contributed by atoms with Crippen molar-refractivity contribution in [2.75, 3.05) is 17.6 Å². The molecule has 0 aliphatic carbocycles. The number of aryl methyl sites for hydroxylation is 1. The molecule has 3 N–H and O–H groups in total. The van der Waals surface area contributed by atoms with E-state index in [9.17, 15) is 18.0 Å². The minimum absolute atomic E-state index is 0.336. The Labute approximate surface area is 199 Å². The highest BCUT2D eigenvalue weighted by Gasteiger charge is 2.41. The third-order valence-corrected chi connectivity index (χ3v) is 6.29. The van der Waals surface area contributed by atoms with Crippen molar-refractivity contribution in [3.05, 3.63) is 56.6 Å². The molecule has 0 spiro atoms. The van der Waals surface area contributed by atoms with E-state index in [1.807, 2.05) is 0 Å². The summed E-state index contributed by atoms with van der Waals surface area (Å²) < 4.78 is 39.7. The third kappa shape index (κ3) is 5.05. The Morgan fingerprint density at radius 2 is 2.00 bits per heavy atom. The summed E-state index contributed by atoms with van der Waals surface area (Å²) in [6.07, 6.45) is -0.764. The number of hydrogen-bond donors (Lipinski definition) is 2. The standard InChI is InChI=1S/C20H15Cl2F3N6OS/c21-10-3-4-11(12(22)8-10)13-9-14-27-6-7-31(14)19(29-13)28-5-1-2-15-30-18(26)16(33-15)17(32)20(23,24)25/h3-4,6-9H,1-2,5,26H2,(H,28,29). The molecule has 4 rings (SSSR count). The van der Waals surface area contributed by atoms with Crippen LogP contribution < -0.4 is 11.1 Å². The van der Waals surface area contributed by atoms with Gasteiger partial charge in [0.1, 0.15) is 16.3 Å². The van der Waals surface area contributed by atoms with E-state index in [1.165, 1.54) is 0 Å². The zero-order valence-corrected chi connectivity index (χ0v) is 19.0. The number of alkyl halides is 3. The number of anilines is 2. The number of nitrogens with zero attached hydrogens (tertiary/aromatic N) is 4. The van der Waals surface area contributed by atoms with E-state index in [1.54, 1.807) is 41.1 Å². The number of thiazole rings is 1. The van der Waals surface area contributed by atoms with Crippen LogP contribution in [-0.2, 0) is 6.42 Å². The largest absolute Gasteiger partial charge is 0.455 e. The van der Waals surface area contributed by atoms with Gasteiger partial charge in [0.2, 0.25) is 5.95 Å². The number of benzene rings is 1. The Morgan fingerprint density at radius 1 is 1.21 bits per heavy atom. The van der Waals surface area contributed by atoms with Crippen molar-refractivity contribution in [1.82, 2.24) is 19.4 Å².